The Morgan fingerprint density at radius 3 is 2.08 bits per heavy atom. The third kappa shape index (κ3) is 4.22. The smallest absolute Gasteiger partial charge is 0.256 e. The van der Waals surface area contributed by atoms with E-state index in [1.807, 2.05) is 6.07 Å². The fourth-order valence-corrected chi connectivity index (χ4v) is 2.54. The van der Waals surface area contributed by atoms with Crippen LogP contribution in [-0.2, 0) is 0 Å². The molecule has 0 radical (unpaired) electrons. The van der Waals surface area contributed by atoms with E-state index in [-0.39, 0.29) is 5.91 Å². The van der Waals surface area contributed by atoms with Crippen LogP contribution in [0.4, 0.5) is 17.3 Å². The van der Waals surface area contributed by atoms with Crippen molar-refractivity contribution in [3.05, 3.63) is 76.3 Å². The second kappa shape index (κ2) is 7.29. The molecule has 0 aliphatic carbocycles. The Labute approximate surface area is 148 Å². The van der Waals surface area contributed by atoms with Gasteiger partial charge in [0, 0.05) is 21.3 Å². The van der Waals surface area contributed by atoms with Crippen LogP contribution in [0, 0.1) is 0 Å². The summed E-state index contributed by atoms with van der Waals surface area (Å²) in [5.41, 5.74) is 1.25. The minimum atomic E-state index is -0.243. The number of carbonyl (C=O) groups excluding carboxylic acids is 1. The summed E-state index contributed by atoms with van der Waals surface area (Å²) in [5, 5.41) is 14.8. The van der Waals surface area contributed by atoms with Crippen molar-refractivity contribution in [3.8, 4) is 0 Å². The van der Waals surface area contributed by atoms with E-state index in [1.54, 1.807) is 54.6 Å². The van der Waals surface area contributed by atoms with Crippen LogP contribution in [0.2, 0.25) is 10.0 Å². The van der Waals surface area contributed by atoms with Crippen LogP contribution in [0.1, 0.15) is 10.4 Å². The fraction of sp³-hybridized carbons (Fsp3) is 0. The van der Waals surface area contributed by atoms with Crippen molar-refractivity contribution >= 4 is 46.4 Å². The molecule has 0 spiro atoms. The molecule has 5 nitrogen and oxygen atoms in total. The maximum absolute atomic E-state index is 12.0. The van der Waals surface area contributed by atoms with E-state index < -0.39 is 0 Å². The normalized spacial score (nSPS) is 10.2. The molecule has 2 aromatic carbocycles. The largest absolute Gasteiger partial charge is 0.339 e. The lowest BCUT2D eigenvalue weighted by molar-refractivity contribution is 0.102. The van der Waals surface area contributed by atoms with E-state index in [4.69, 9.17) is 23.2 Å². The number of hydrogen-bond acceptors (Lipinski definition) is 4. The number of amides is 1. The predicted molar refractivity (Wildman–Crippen MR) is 96.2 cm³/mol. The zero-order valence-electron chi connectivity index (χ0n) is 12.3. The lowest BCUT2D eigenvalue weighted by Crippen LogP contribution is -2.13. The average Bonchev–Trinajstić information content (AvgIpc) is 2.56. The molecule has 1 aromatic heterocycles. The Hall–Kier alpha value is -2.63. The third-order valence-electron chi connectivity index (χ3n) is 3.08. The highest BCUT2D eigenvalue weighted by molar-refractivity contribution is 6.35. The standard InChI is InChI=1S/C17H12Cl2N4O/c18-12-8-13(19)10-14(9-12)20-15-6-7-16(23-22-15)21-17(24)11-4-2-1-3-5-11/h1-10H,(H,20,22)(H,21,23,24). The molecule has 2 N–H and O–H groups in total. The number of rotatable bonds is 4. The SMILES string of the molecule is O=C(Nc1ccc(Nc2cc(Cl)cc(Cl)c2)nn1)c1ccccc1. The Bertz CT molecular complexity index is 834. The van der Waals surface area contributed by atoms with Gasteiger partial charge < -0.3 is 10.6 Å². The predicted octanol–water partition coefficient (Wildman–Crippen LogP) is 4.78. The number of anilines is 3. The molecule has 3 aromatic rings. The van der Waals surface area contributed by atoms with Gasteiger partial charge in [-0.25, -0.2) is 0 Å². The monoisotopic (exact) mass is 358 g/mol. The second-order valence-corrected chi connectivity index (χ2v) is 5.78. The summed E-state index contributed by atoms with van der Waals surface area (Å²) in [6.07, 6.45) is 0. The van der Waals surface area contributed by atoms with Gasteiger partial charge in [-0.05, 0) is 42.5 Å². The number of halogens is 2. The van der Waals surface area contributed by atoms with Gasteiger partial charge in [-0.1, -0.05) is 41.4 Å². The van der Waals surface area contributed by atoms with Crippen LogP contribution in [0.15, 0.2) is 60.7 Å². The minimum absolute atomic E-state index is 0.243. The van der Waals surface area contributed by atoms with Crippen LogP contribution in [0.3, 0.4) is 0 Å². The maximum atomic E-state index is 12.0. The van der Waals surface area contributed by atoms with Gasteiger partial charge in [-0.3, -0.25) is 4.79 Å². The van der Waals surface area contributed by atoms with Gasteiger partial charge >= 0.3 is 0 Å². The summed E-state index contributed by atoms with van der Waals surface area (Å²) < 4.78 is 0. The summed E-state index contributed by atoms with van der Waals surface area (Å²) >= 11 is 11.9. The van der Waals surface area contributed by atoms with Crippen molar-refractivity contribution in [1.29, 1.82) is 0 Å². The summed E-state index contributed by atoms with van der Waals surface area (Å²) in [5.74, 6) is 0.622. The Morgan fingerprint density at radius 2 is 1.46 bits per heavy atom. The summed E-state index contributed by atoms with van der Waals surface area (Å²) in [6.45, 7) is 0. The van der Waals surface area contributed by atoms with Crippen molar-refractivity contribution < 1.29 is 4.79 Å². The van der Waals surface area contributed by atoms with Gasteiger partial charge in [-0.2, -0.15) is 0 Å². The maximum Gasteiger partial charge on any atom is 0.256 e. The fourth-order valence-electron chi connectivity index (χ4n) is 2.02. The molecule has 0 saturated heterocycles. The lowest BCUT2D eigenvalue weighted by atomic mass is 10.2. The molecule has 0 aliphatic rings. The van der Waals surface area contributed by atoms with Crippen LogP contribution < -0.4 is 10.6 Å². The van der Waals surface area contributed by atoms with Crippen LogP contribution in [0.5, 0.6) is 0 Å². The first-order valence-corrected chi connectivity index (χ1v) is 7.79. The van der Waals surface area contributed by atoms with Gasteiger partial charge in [-0.15, -0.1) is 10.2 Å². The molecule has 0 saturated carbocycles. The number of benzene rings is 2. The molecule has 120 valence electrons. The Morgan fingerprint density at radius 1 is 0.833 bits per heavy atom. The quantitative estimate of drug-likeness (QED) is 0.704. The summed E-state index contributed by atoms with van der Waals surface area (Å²) in [7, 11) is 0. The highest BCUT2D eigenvalue weighted by Crippen LogP contribution is 2.24. The number of carbonyl (C=O) groups is 1. The number of nitrogens with zero attached hydrogens (tertiary/aromatic N) is 2. The van der Waals surface area contributed by atoms with Gasteiger partial charge in [0.05, 0.1) is 0 Å². The molecule has 24 heavy (non-hydrogen) atoms. The Balaban J connectivity index is 1.68. The van der Waals surface area contributed by atoms with Crippen molar-refractivity contribution in [2.75, 3.05) is 10.6 Å². The van der Waals surface area contributed by atoms with E-state index in [0.29, 0.717) is 32.9 Å². The van der Waals surface area contributed by atoms with Crippen molar-refractivity contribution in [3.63, 3.8) is 0 Å². The van der Waals surface area contributed by atoms with Gasteiger partial charge in [0.2, 0.25) is 0 Å². The molecule has 7 heteroatoms. The number of aromatic nitrogens is 2. The van der Waals surface area contributed by atoms with Crippen LogP contribution in [0.25, 0.3) is 0 Å². The van der Waals surface area contributed by atoms with E-state index in [2.05, 4.69) is 20.8 Å². The first kappa shape index (κ1) is 16.2. The number of hydrogen-bond donors (Lipinski definition) is 2. The van der Waals surface area contributed by atoms with Crippen molar-refractivity contribution in [2.24, 2.45) is 0 Å². The van der Waals surface area contributed by atoms with E-state index in [9.17, 15) is 4.79 Å². The van der Waals surface area contributed by atoms with Crippen molar-refractivity contribution in [2.45, 2.75) is 0 Å². The molecule has 0 unspecified atom stereocenters. The van der Waals surface area contributed by atoms with Crippen LogP contribution in [-0.4, -0.2) is 16.1 Å². The highest BCUT2D eigenvalue weighted by atomic mass is 35.5. The molecule has 1 amide bonds. The van der Waals surface area contributed by atoms with E-state index in [1.165, 1.54) is 0 Å². The molecular weight excluding hydrogens is 347 g/mol. The molecule has 0 fully saturated rings. The van der Waals surface area contributed by atoms with Crippen molar-refractivity contribution in [1.82, 2.24) is 10.2 Å². The molecule has 0 atom stereocenters. The number of nitrogens with one attached hydrogen (secondary N) is 2. The Kier molecular flexibility index (Phi) is 4.93. The topological polar surface area (TPSA) is 66.9 Å². The zero-order valence-corrected chi connectivity index (χ0v) is 13.8. The summed E-state index contributed by atoms with van der Waals surface area (Å²) in [4.78, 5) is 12.0. The molecule has 3 rings (SSSR count). The van der Waals surface area contributed by atoms with Crippen LogP contribution >= 0.6 is 23.2 Å². The van der Waals surface area contributed by atoms with Gasteiger partial charge in [0.1, 0.15) is 0 Å². The van der Waals surface area contributed by atoms with E-state index >= 15 is 0 Å². The van der Waals surface area contributed by atoms with E-state index in [0.717, 1.165) is 0 Å². The lowest BCUT2D eigenvalue weighted by Gasteiger charge is -2.07. The van der Waals surface area contributed by atoms with Gasteiger partial charge in [0.25, 0.3) is 5.91 Å². The third-order valence-corrected chi connectivity index (χ3v) is 3.51. The molecule has 1 heterocycles. The minimum Gasteiger partial charge on any atom is -0.339 e. The molecular formula is C17H12Cl2N4O. The zero-order chi connectivity index (χ0) is 16.9. The summed E-state index contributed by atoms with van der Waals surface area (Å²) in [6, 6.07) is 17.3. The average molecular weight is 359 g/mol. The highest BCUT2D eigenvalue weighted by Gasteiger charge is 2.07. The molecule has 0 bridgehead atoms. The first-order chi connectivity index (χ1) is 11.6. The molecule has 0 aliphatic heterocycles. The first-order valence-electron chi connectivity index (χ1n) is 7.03. The second-order valence-electron chi connectivity index (χ2n) is 4.91. The van der Waals surface area contributed by atoms with Gasteiger partial charge in [0.15, 0.2) is 11.6 Å².